The van der Waals surface area contributed by atoms with Crippen LogP contribution in [0.5, 0.6) is 11.5 Å². The minimum absolute atomic E-state index is 0.0735. The lowest BCUT2D eigenvalue weighted by Crippen LogP contribution is -2.48. The first-order valence-electron chi connectivity index (χ1n) is 21.7. The number of hydrogen-bond donors (Lipinski definition) is 0. The van der Waals surface area contributed by atoms with Crippen LogP contribution in [-0.4, -0.2) is 25.1 Å². The summed E-state index contributed by atoms with van der Waals surface area (Å²) >= 11 is 0. The molecule has 8 bridgehead atoms. The molecule has 0 amide bonds. The predicted molar refractivity (Wildman–Crippen MR) is 222 cm³/mol. The number of benzene rings is 4. The number of ether oxygens (including phenoxy) is 2. The van der Waals surface area contributed by atoms with Crippen molar-refractivity contribution in [2.24, 2.45) is 35.5 Å². The van der Waals surface area contributed by atoms with E-state index in [1.807, 2.05) is 14.2 Å². The van der Waals surface area contributed by atoms with E-state index in [0.717, 1.165) is 47.0 Å². The molecular weight excluding hydrogens is 673 g/mol. The number of methoxy groups -OCH3 is 2. The van der Waals surface area contributed by atoms with Gasteiger partial charge < -0.3 is 9.47 Å². The van der Waals surface area contributed by atoms with Crippen molar-refractivity contribution in [2.75, 3.05) is 19.1 Å². The Morgan fingerprint density at radius 2 is 0.982 bits per heavy atom. The topological polar surface area (TPSA) is 24.7 Å². The third kappa shape index (κ3) is 5.39. The molecule has 13 rings (SSSR count). The van der Waals surface area contributed by atoms with Crippen molar-refractivity contribution in [3.63, 3.8) is 0 Å². The summed E-state index contributed by atoms with van der Waals surface area (Å²) in [5, 5.41) is 0. The molecule has 9 aliphatic rings. The molecule has 2 atom stereocenters. The van der Waals surface area contributed by atoms with Gasteiger partial charge >= 0.3 is 0 Å². The molecule has 8 fully saturated rings. The molecule has 0 spiro atoms. The third-order valence-electron chi connectivity index (χ3n) is 16.2. The highest BCUT2D eigenvalue weighted by Crippen LogP contribution is 2.64. The van der Waals surface area contributed by atoms with Gasteiger partial charge in [-0.25, -0.2) is 9.48 Å². The molecule has 4 aromatic rings. The second-order valence-corrected chi connectivity index (χ2v) is 19.7. The predicted octanol–water partition coefficient (Wildman–Crippen LogP) is 11.9. The van der Waals surface area contributed by atoms with Crippen LogP contribution in [0.2, 0.25) is 0 Å². The van der Waals surface area contributed by atoms with Crippen molar-refractivity contribution in [2.45, 2.75) is 114 Å². The smallest absolute Gasteiger partial charge is 0.245 e. The fourth-order valence-electron chi connectivity index (χ4n) is 14.9. The minimum atomic E-state index is 0.0735. The van der Waals surface area contributed by atoms with E-state index in [2.05, 4.69) is 115 Å². The largest absolute Gasteiger partial charge is 0.496 e. The molecule has 8 saturated carbocycles. The average molecular weight is 732 g/mol. The summed E-state index contributed by atoms with van der Waals surface area (Å²) in [5.74, 6) is 7.42. The molecule has 55 heavy (non-hydrogen) atoms. The first-order valence-corrected chi connectivity index (χ1v) is 21.7. The Bertz CT molecular complexity index is 2080. The molecule has 0 aromatic heterocycles. The zero-order chi connectivity index (χ0) is 37.1. The van der Waals surface area contributed by atoms with Gasteiger partial charge in [0, 0.05) is 22.3 Å². The number of nitrogens with zero attached hydrogens (tertiary/aromatic N) is 2. The first-order chi connectivity index (χ1) is 26.8. The third-order valence-corrected chi connectivity index (χ3v) is 16.2. The molecule has 0 radical (unpaired) electrons. The Morgan fingerprint density at radius 1 is 0.545 bits per heavy atom. The quantitative estimate of drug-likeness (QED) is 0.169. The Kier molecular flexibility index (Phi) is 7.92. The maximum absolute atomic E-state index is 6.33. The number of hydrogen-bond acceptors (Lipinski definition) is 3. The van der Waals surface area contributed by atoms with Gasteiger partial charge in [-0.1, -0.05) is 60.7 Å². The van der Waals surface area contributed by atoms with Crippen molar-refractivity contribution >= 4 is 17.7 Å². The Hall–Kier alpha value is -4.05. The minimum Gasteiger partial charge on any atom is -0.496 e. The van der Waals surface area contributed by atoms with Crippen molar-refractivity contribution < 1.29 is 14.0 Å². The summed E-state index contributed by atoms with van der Waals surface area (Å²) in [7, 11) is 3.79. The first kappa shape index (κ1) is 34.2. The summed E-state index contributed by atoms with van der Waals surface area (Å²) in [5.41, 5.74) is 11.2. The van der Waals surface area contributed by atoms with Crippen molar-refractivity contribution in [3.05, 3.63) is 118 Å². The highest BCUT2D eigenvalue weighted by molar-refractivity contribution is 5.83. The van der Waals surface area contributed by atoms with E-state index in [0.29, 0.717) is 0 Å². The zero-order valence-corrected chi connectivity index (χ0v) is 33.5. The molecule has 4 aromatic carbocycles. The summed E-state index contributed by atoms with van der Waals surface area (Å²) in [6.45, 7) is 4.61. The standard InChI is InChI=1S/C51H59N2O2/c1-32-15-46(54-3)42(50-25-34-17-35(26-50)19-36(18-34)27-50)23-44(32)52-31-53(49(41-13-9-6-10-14-41)48(52)40-11-7-5-8-12-40)45-24-43(47(55-4)16-33(45)2)51-28-37-20-38(29-51)22-39(21-37)30-51/h5-16,23-24,31,34-39,48-49H,17-22,25-30H2,1-4H3/q+1/t34?,35?,36?,37?,38?,39?,48-,49-,50?,51?/m1/s1. The molecule has 1 aliphatic heterocycles. The van der Waals surface area contributed by atoms with Crippen LogP contribution in [0, 0.1) is 49.4 Å². The van der Waals surface area contributed by atoms with Crippen LogP contribution >= 0.6 is 0 Å². The molecule has 4 heteroatoms. The van der Waals surface area contributed by atoms with Crippen molar-refractivity contribution in [1.29, 1.82) is 0 Å². The Balaban J connectivity index is 1.11. The van der Waals surface area contributed by atoms with Crippen LogP contribution in [0.1, 0.15) is 123 Å². The van der Waals surface area contributed by atoms with Gasteiger partial charge in [-0.3, -0.25) is 0 Å². The molecular formula is C51H59N2O2+. The lowest BCUT2D eigenvalue weighted by molar-refractivity contribution is -0.482. The summed E-state index contributed by atoms with van der Waals surface area (Å²) in [6.07, 6.45) is 19.1. The number of anilines is 1. The molecule has 1 heterocycles. The van der Waals surface area contributed by atoms with E-state index in [-0.39, 0.29) is 22.9 Å². The molecule has 0 N–H and O–H groups in total. The van der Waals surface area contributed by atoms with Gasteiger partial charge in [-0.2, -0.15) is 0 Å². The maximum atomic E-state index is 6.33. The van der Waals surface area contributed by atoms with Crippen LogP contribution in [-0.2, 0) is 10.8 Å². The molecule has 4 nitrogen and oxygen atoms in total. The summed E-state index contributed by atoms with van der Waals surface area (Å²) in [6, 6.07) is 32.7. The SMILES string of the molecule is COc1cc(C)c(N2C=[N+](c3cc(C45CC6CC(CC(C6)C4)C5)c(OC)cc3C)[C@H](c3ccccc3)[C@H]2c2ccccc2)cc1C12CC3CC(CC(C3)C1)C2. The highest BCUT2D eigenvalue weighted by atomic mass is 16.5. The second kappa shape index (κ2) is 12.7. The fourth-order valence-corrected chi connectivity index (χ4v) is 14.9. The van der Waals surface area contributed by atoms with Crippen LogP contribution in [0.4, 0.5) is 11.4 Å². The van der Waals surface area contributed by atoms with Gasteiger partial charge in [0.2, 0.25) is 6.34 Å². The van der Waals surface area contributed by atoms with E-state index in [4.69, 9.17) is 9.47 Å². The van der Waals surface area contributed by atoms with Gasteiger partial charge in [-0.15, -0.1) is 0 Å². The summed E-state index contributed by atoms with van der Waals surface area (Å²) < 4.78 is 15.3. The van der Waals surface area contributed by atoms with E-state index in [9.17, 15) is 0 Å². The molecule has 0 unspecified atom stereocenters. The monoisotopic (exact) mass is 731 g/mol. The Morgan fingerprint density at radius 3 is 1.45 bits per heavy atom. The highest BCUT2D eigenvalue weighted by Gasteiger charge is 2.55. The lowest BCUT2D eigenvalue weighted by atomic mass is 9.48. The second-order valence-electron chi connectivity index (χ2n) is 19.7. The fraction of sp³-hybridized carbons (Fsp3) is 0.510. The van der Waals surface area contributed by atoms with E-state index in [1.165, 1.54) is 122 Å². The van der Waals surface area contributed by atoms with Gasteiger partial charge in [0.25, 0.3) is 0 Å². The van der Waals surface area contributed by atoms with Crippen LogP contribution in [0.25, 0.3) is 0 Å². The molecule has 0 saturated heterocycles. The van der Waals surface area contributed by atoms with Crippen LogP contribution in [0.15, 0.2) is 84.9 Å². The van der Waals surface area contributed by atoms with Gasteiger partial charge in [0.1, 0.15) is 22.9 Å². The van der Waals surface area contributed by atoms with E-state index < -0.39 is 0 Å². The zero-order valence-electron chi connectivity index (χ0n) is 33.5. The van der Waals surface area contributed by atoms with Gasteiger partial charge in [0.15, 0.2) is 12.1 Å². The Labute approximate surface area is 329 Å². The van der Waals surface area contributed by atoms with Gasteiger partial charge in [0.05, 0.1) is 14.2 Å². The molecule has 284 valence electrons. The lowest BCUT2D eigenvalue weighted by Gasteiger charge is -2.57. The van der Waals surface area contributed by atoms with Crippen LogP contribution < -0.4 is 14.4 Å². The van der Waals surface area contributed by atoms with E-state index >= 15 is 0 Å². The van der Waals surface area contributed by atoms with Crippen molar-refractivity contribution in [3.8, 4) is 11.5 Å². The van der Waals surface area contributed by atoms with E-state index in [1.54, 1.807) is 0 Å². The number of aryl methyl sites for hydroxylation is 2. The number of rotatable bonds is 8. The van der Waals surface area contributed by atoms with Gasteiger partial charge in [-0.05, 0) is 173 Å². The average Bonchev–Trinajstić information content (AvgIpc) is 3.57. The summed E-state index contributed by atoms with van der Waals surface area (Å²) in [4.78, 5) is 2.65. The van der Waals surface area contributed by atoms with Crippen LogP contribution in [0.3, 0.4) is 0 Å². The molecule has 8 aliphatic carbocycles. The maximum Gasteiger partial charge on any atom is 0.245 e. The van der Waals surface area contributed by atoms with Crippen molar-refractivity contribution in [1.82, 2.24) is 0 Å². The normalized spacial score (nSPS) is 35.3.